The minimum Gasteiger partial charge on any atom is -0.389 e. The highest BCUT2D eigenvalue weighted by molar-refractivity contribution is 9.18. The van der Waals surface area contributed by atoms with Gasteiger partial charge in [-0.1, -0.05) is 15.9 Å². The highest BCUT2D eigenvalue weighted by atomic mass is 79.9. The molecule has 4 rings (SSSR count). The second kappa shape index (κ2) is 6.15. The van der Waals surface area contributed by atoms with Crippen molar-refractivity contribution in [2.45, 2.75) is 6.18 Å². The largest absolute Gasteiger partial charge is 0.738 e. The first-order valence-electron chi connectivity index (χ1n) is 7.53. The zero-order valence-corrected chi connectivity index (χ0v) is 17.8. The van der Waals surface area contributed by atoms with E-state index in [1.807, 2.05) is 0 Å². The number of halogens is 8. The molecule has 0 N–H and O–H groups in total. The predicted octanol–water partition coefficient (Wildman–Crippen LogP) is 6.40. The lowest BCUT2D eigenvalue weighted by atomic mass is 9.86. The van der Waals surface area contributed by atoms with Crippen LogP contribution >= 0.6 is 47.8 Å². The van der Waals surface area contributed by atoms with Crippen LogP contribution in [0.25, 0.3) is 5.57 Å². The summed E-state index contributed by atoms with van der Waals surface area (Å²) in [6.07, 6.45) is -1.64. The second-order valence-corrected chi connectivity index (χ2v) is 8.55. The van der Waals surface area contributed by atoms with Crippen LogP contribution in [0, 0.1) is 0 Å². The van der Waals surface area contributed by atoms with Gasteiger partial charge in [-0.3, -0.25) is 0 Å². The number of fused-ring (bicyclic) bond motifs is 2. The molecule has 11 heteroatoms. The number of hydrogen-bond donors (Lipinski definition) is 0. The van der Waals surface area contributed by atoms with Gasteiger partial charge in [0.25, 0.3) is 0 Å². The molecule has 0 aliphatic carbocycles. The van der Waals surface area contributed by atoms with Crippen LogP contribution < -0.4 is 0 Å². The van der Waals surface area contributed by atoms with Gasteiger partial charge in [0.1, 0.15) is 0 Å². The molecule has 1 aromatic carbocycles. The van der Waals surface area contributed by atoms with Crippen LogP contribution in [0.1, 0.15) is 16.8 Å². The normalized spacial score (nSPS) is 18.2. The highest BCUT2D eigenvalue weighted by Gasteiger charge is 2.54. The molecule has 3 heterocycles. The van der Waals surface area contributed by atoms with Crippen LogP contribution in [0.4, 0.5) is 21.8 Å². The van der Waals surface area contributed by atoms with Crippen LogP contribution in [-0.4, -0.2) is 20.6 Å². The van der Waals surface area contributed by atoms with E-state index in [0.29, 0.717) is 0 Å². The number of hydrogen-bond acceptors (Lipinski definition) is 0. The maximum absolute atomic E-state index is 15.1. The lowest BCUT2D eigenvalue weighted by Gasteiger charge is -2.32. The topological polar surface area (TPSA) is 7.94 Å². The monoisotopic (exact) mass is 570 g/mol. The number of nitrogens with zero attached hydrogens (tertiary/aromatic N) is 2. The van der Waals surface area contributed by atoms with Crippen molar-refractivity contribution in [2.24, 2.45) is 0 Å². The number of rotatable bonds is 1. The van der Waals surface area contributed by atoms with E-state index in [0.717, 1.165) is 21.1 Å². The van der Waals surface area contributed by atoms with Gasteiger partial charge in [-0.25, -0.2) is 0 Å². The van der Waals surface area contributed by atoms with E-state index in [4.69, 9.17) is 0 Å². The van der Waals surface area contributed by atoms with Gasteiger partial charge < -0.3 is 17.6 Å². The first kappa shape index (κ1) is 19.1. The lowest BCUT2D eigenvalue weighted by molar-refractivity contribution is -0.358. The molecule has 1 aromatic heterocycles. The molecule has 27 heavy (non-hydrogen) atoms. The minimum atomic E-state index is -4.56. The molecular weight excluding hydrogens is 566 g/mol. The number of aromatic nitrogens is 1. The van der Waals surface area contributed by atoms with E-state index in [9.17, 15) is 13.2 Å². The molecule has 2 nitrogen and oxygen atoms in total. The molecule has 140 valence electrons. The molecule has 2 aliphatic heterocycles. The third-order valence-corrected chi connectivity index (χ3v) is 6.13. The third-order valence-electron chi connectivity index (χ3n) is 4.38. The van der Waals surface area contributed by atoms with Gasteiger partial charge in [0.2, 0.25) is 4.62 Å². The Kier molecular flexibility index (Phi) is 4.36. The Bertz CT molecular complexity index is 1080. The summed E-state index contributed by atoms with van der Waals surface area (Å²) in [4.78, 5) is 0. The van der Waals surface area contributed by atoms with E-state index in [1.54, 1.807) is 0 Å². The molecule has 2 aromatic rings. The summed E-state index contributed by atoms with van der Waals surface area (Å²) >= 11 is 9.34. The van der Waals surface area contributed by atoms with Gasteiger partial charge in [-0.05, 0) is 51.8 Å². The molecule has 0 bridgehead atoms. The average Bonchev–Trinajstić information content (AvgIpc) is 3.11. The maximum atomic E-state index is 15.1. The molecule has 0 atom stereocenters. The van der Waals surface area contributed by atoms with Crippen molar-refractivity contribution in [3.63, 3.8) is 0 Å². The van der Waals surface area contributed by atoms with Gasteiger partial charge in [0, 0.05) is 38.2 Å². The SMILES string of the molecule is F[B-]1(F)n2c(Br)ccc2C(c2cc(Br)cc(C(F)(F)F)c2)=C2C=CC(Br)=[N+]21. The summed E-state index contributed by atoms with van der Waals surface area (Å²) in [6.45, 7) is -4.22. The summed E-state index contributed by atoms with van der Waals surface area (Å²) in [5, 5.41) is 0. The molecule has 0 unspecified atom stereocenters. The Morgan fingerprint density at radius 2 is 1.67 bits per heavy atom. The highest BCUT2D eigenvalue weighted by Crippen LogP contribution is 2.43. The molecule has 0 saturated carbocycles. The van der Waals surface area contributed by atoms with Crippen LogP contribution in [0.15, 0.2) is 57.3 Å². The van der Waals surface area contributed by atoms with E-state index >= 15 is 8.63 Å². The third kappa shape index (κ3) is 2.89. The quantitative estimate of drug-likeness (QED) is 0.276. The van der Waals surface area contributed by atoms with Crippen molar-refractivity contribution in [2.75, 3.05) is 0 Å². The lowest BCUT2D eigenvalue weighted by Crippen LogP contribution is -2.50. The van der Waals surface area contributed by atoms with Crippen LogP contribution in [0.3, 0.4) is 0 Å². The number of alkyl halides is 3. The minimum absolute atomic E-state index is 0.135. The Hall–Kier alpha value is -1.20. The van der Waals surface area contributed by atoms with Crippen molar-refractivity contribution in [3.8, 4) is 0 Å². The van der Waals surface area contributed by atoms with Gasteiger partial charge in [0.05, 0.1) is 15.7 Å². The summed E-state index contributed by atoms with van der Waals surface area (Å²) in [5.74, 6) is 0. The zero-order chi connectivity index (χ0) is 19.7. The molecule has 0 radical (unpaired) electrons. The average molecular weight is 573 g/mol. The Morgan fingerprint density at radius 3 is 2.33 bits per heavy atom. The first-order valence-corrected chi connectivity index (χ1v) is 9.91. The number of allylic oxidation sites excluding steroid dienone is 2. The first-order chi connectivity index (χ1) is 12.5. The molecular formula is C16H7BBr3F5N2. The fourth-order valence-electron chi connectivity index (χ4n) is 3.33. The van der Waals surface area contributed by atoms with Gasteiger partial charge in [-0.2, -0.15) is 13.2 Å². The summed E-state index contributed by atoms with van der Waals surface area (Å²) in [7, 11) is 0. The van der Waals surface area contributed by atoms with E-state index < -0.39 is 18.7 Å². The molecule has 0 fully saturated rings. The summed E-state index contributed by atoms with van der Waals surface area (Å²) in [6, 6.07) is 6.32. The molecule has 0 amide bonds. The molecule has 0 saturated heterocycles. The van der Waals surface area contributed by atoms with E-state index in [1.165, 1.54) is 30.4 Å². The van der Waals surface area contributed by atoms with Gasteiger partial charge in [-0.15, -0.1) is 0 Å². The van der Waals surface area contributed by atoms with Crippen LogP contribution in [0.2, 0.25) is 0 Å². The predicted molar refractivity (Wildman–Crippen MR) is 104 cm³/mol. The number of benzene rings is 1. The zero-order valence-electron chi connectivity index (χ0n) is 13.0. The van der Waals surface area contributed by atoms with Gasteiger partial charge >= 0.3 is 13.1 Å². The van der Waals surface area contributed by atoms with E-state index in [-0.39, 0.29) is 36.2 Å². The summed E-state index contributed by atoms with van der Waals surface area (Å²) in [5.41, 5.74) is -0.128. The molecule has 2 aliphatic rings. The van der Waals surface area contributed by atoms with Crippen molar-refractivity contribution in [1.29, 1.82) is 0 Å². The van der Waals surface area contributed by atoms with Crippen molar-refractivity contribution in [1.82, 2.24) is 4.48 Å². The van der Waals surface area contributed by atoms with Crippen molar-refractivity contribution in [3.05, 3.63) is 74.1 Å². The smallest absolute Gasteiger partial charge is 0.389 e. The molecule has 0 spiro atoms. The van der Waals surface area contributed by atoms with Crippen molar-refractivity contribution >= 4 is 65.0 Å². The Morgan fingerprint density at radius 1 is 0.963 bits per heavy atom. The van der Waals surface area contributed by atoms with Gasteiger partial charge in [0.15, 0.2) is 5.70 Å². The maximum Gasteiger partial charge on any atom is 0.738 e. The standard InChI is InChI=1S/C16H7BBr3F5N2/c18-10-6-8(5-9(7-10)16(21,22)23)15-11-1-3-13(19)26(11)17(24,25)27-12(15)2-4-14(27)20/h1-7H. The summed E-state index contributed by atoms with van der Waals surface area (Å²) < 4.78 is 72.2. The second-order valence-electron chi connectivity index (χ2n) is 6.01. The fraction of sp³-hybridized carbons (Fsp3) is 0.0625. The van der Waals surface area contributed by atoms with Crippen LogP contribution in [-0.2, 0) is 6.18 Å². The van der Waals surface area contributed by atoms with Crippen molar-refractivity contribution < 1.29 is 26.3 Å². The Balaban J connectivity index is 2.08. The Labute approximate surface area is 175 Å². The van der Waals surface area contributed by atoms with E-state index in [2.05, 4.69) is 47.8 Å². The fourth-order valence-corrected chi connectivity index (χ4v) is 4.96. The van der Waals surface area contributed by atoms with Crippen LogP contribution in [0.5, 0.6) is 0 Å².